The first-order chi connectivity index (χ1) is 9.74. The summed E-state index contributed by atoms with van der Waals surface area (Å²) in [5.74, 6) is 0.591. The second kappa shape index (κ2) is 5.63. The van der Waals surface area contributed by atoms with Gasteiger partial charge in [0.2, 0.25) is 0 Å². The number of aromatic nitrogens is 2. The van der Waals surface area contributed by atoms with Gasteiger partial charge in [-0.1, -0.05) is 6.92 Å². The van der Waals surface area contributed by atoms with Crippen LogP contribution >= 0.6 is 0 Å². The van der Waals surface area contributed by atoms with Crippen LogP contribution in [0.15, 0.2) is 30.7 Å². The van der Waals surface area contributed by atoms with Gasteiger partial charge in [0.15, 0.2) is 0 Å². The topological polar surface area (TPSA) is 39.1 Å². The molecule has 0 bridgehead atoms. The summed E-state index contributed by atoms with van der Waals surface area (Å²) in [5, 5.41) is 3.24. The van der Waals surface area contributed by atoms with Crippen LogP contribution in [0.4, 0.5) is 4.39 Å². The van der Waals surface area contributed by atoms with Gasteiger partial charge in [-0.05, 0) is 24.7 Å². The van der Waals surface area contributed by atoms with Crippen LogP contribution in [-0.2, 0) is 19.5 Å². The molecule has 0 aliphatic carbocycles. The van der Waals surface area contributed by atoms with E-state index >= 15 is 0 Å². The van der Waals surface area contributed by atoms with E-state index in [1.807, 2.05) is 17.1 Å². The van der Waals surface area contributed by atoms with Gasteiger partial charge in [-0.2, -0.15) is 0 Å². The fraction of sp³-hybridized carbons (Fsp3) is 0.400. The summed E-state index contributed by atoms with van der Waals surface area (Å²) in [6, 6.07) is 4.70. The summed E-state index contributed by atoms with van der Waals surface area (Å²) >= 11 is 0. The quantitative estimate of drug-likeness (QED) is 0.908. The minimum absolute atomic E-state index is 0.0491. The molecule has 2 heterocycles. The van der Waals surface area contributed by atoms with E-state index in [0.717, 1.165) is 43.1 Å². The molecule has 1 aliphatic heterocycles. The molecule has 0 saturated carbocycles. The molecule has 2 aromatic rings. The Balaban J connectivity index is 1.61. The third-order valence-corrected chi connectivity index (χ3v) is 3.42. The molecule has 1 atom stereocenters. The first kappa shape index (κ1) is 13.1. The Morgan fingerprint density at radius 1 is 1.50 bits per heavy atom. The summed E-state index contributed by atoms with van der Waals surface area (Å²) in [6.45, 7) is 4.51. The number of rotatable bonds is 5. The number of halogens is 1. The standard InChI is InChI=1S/C15H18FN3O/c1-2-17-7-13-8-19(10-18-13)9-14-6-11-5-12(16)3-4-15(11)20-14/h3-5,8,10,14,17H,2,6-7,9H2,1H3. The van der Waals surface area contributed by atoms with Crippen LogP contribution in [-0.4, -0.2) is 22.2 Å². The highest BCUT2D eigenvalue weighted by Gasteiger charge is 2.23. The molecule has 4 nitrogen and oxygen atoms in total. The Hall–Kier alpha value is -1.88. The fourth-order valence-corrected chi connectivity index (χ4v) is 2.48. The van der Waals surface area contributed by atoms with Gasteiger partial charge in [0, 0.05) is 24.7 Å². The maximum Gasteiger partial charge on any atom is 0.123 e. The predicted molar refractivity (Wildman–Crippen MR) is 74.1 cm³/mol. The van der Waals surface area contributed by atoms with Gasteiger partial charge in [0.1, 0.15) is 17.7 Å². The second-order valence-electron chi connectivity index (χ2n) is 5.04. The Labute approximate surface area is 117 Å². The van der Waals surface area contributed by atoms with Gasteiger partial charge >= 0.3 is 0 Å². The lowest BCUT2D eigenvalue weighted by atomic mass is 10.1. The monoisotopic (exact) mass is 275 g/mol. The van der Waals surface area contributed by atoms with Crippen molar-refractivity contribution in [2.75, 3.05) is 6.54 Å². The summed E-state index contributed by atoms with van der Waals surface area (Å²) in [5.41, 5.74) is 1.97. The number of ether oxygens (including phenoxy) is 1. The zero-order chi connectivity index (χ0) is 13.9. The van der Waals surface area contributed by atoms with Crippen molar-refractivity contribution >= 4 is 0 Å². The van der Waals surface area contributed by atoms with E-state index in [2.05, 4.69) is 17.2 Å². The minimum atomic E-state index is -0.205. The molecule has 1 aliphatic rings. The smallest absolute Gasteiger partial charge is 0.123 e. The molecule has 3 rings (SSSR count). The molecule has 0 fully saturated rings. The van der Waals surface area contributed by atoms with E-state index in [9.17, 15) is 4.39 Å². The van der Waals surface area contributed by atoms with E-state index in [0.29, 0.717) is 0 Å². The van der Waals surface area contributed by atoms with Gasteiger partial charge in [-0.15, -0.1) is 0 Å². The maximum absolute atomic E-state index is 13.2. The average Bonchev–Trinajstić information content (AvgIpc) is 3.02. The predicted octanol–water partition coefficient (Wildman–Crippen LogP) is 2.14. The number of nitrogens with one attached hydrogen (secondary N) is 1. The lowest BCUT2D eigenvalue weighted by molar-refractivity contribution is 0.209. The molecule has 0 amide bonds. The van der Waals surface area contributed by atoms with Gasteiger partial charge in [-0.25, -0.2) is 9.37 Å². The molecule has 1 aromatic carbocycles. The highest BCUT2D eigenvalue weighted by atomic mass is 19.1. The van der Waals surface area contributed by atoms with E-state index < -0.39 is 0 Å². The SMILES string of the molecule is CCNCc1cn(CC2Cc3cc(F)ccc3O2)cn1. The van der Waals surface area contributed by atoms with E-state index in [1.54, 1.807) is 12.1 Å². The fourth-order valence-electron chi connectivity index (χ4n) is 2.48. The number of benzene rings is 1. The largest absolute Gasteiger partial charge is 0.488 e. The maximum atomic E-state index is 13.2. The van der Waals surface area contributed by atoms with Gasteiger partial charge in [0.25, 0.3) is 0 Å². The Morgan fingerprint density at radius 3 is 3.25 bits per heavy atom. The van der Waals surface area contributed by atoms with Crippen molar-refractivity contribution in [3.05, 3.63) is 47.8 Å². The van der Waals surface area contributed by atoms with Crippen LogP contribution in [0, 0.1) is 5.82 Å². The molecule has 0 saturated heterocycles. The number of hydrogen-bond donors (Lipinski definition) is 1. The van der Waals surface area contributed by atoms with E-state index in [4.69, 9.17) is 4.74 Å². The second-order valence-corrected chi connectivity index (χ2v) is 5.04. The molecule has 1 N–H and O–H groups in total. The lowest BCUT2D eigenvalue weighted by Gasteiger charge is -2.10. The summed E-state index contributed by atoms with van der Waals surface area (Å²) in [7, 11) is 0. The third kappa shape index (κ3) is 2.82. The third-order valence-electron chi connectivity index (χ3n) is 3.42. The summed E-state index contributed by atoms with van der Waals surface area (Å²) in [4.78, 5) is 4.34. The normalized spacial score (nSPS) is 17.0. The zero-order valence-corrected chi connectivity index (χ0v) is 11.5. The van der Waals surface area contributed by atoms with Crippen LogP contribution < -0.4 is 10.1 Å². The van der Waals surface area contributed by atoms with Crippen molar-refractivity contribution in [3.63, 3.8) is 0 Å². The van der Waals surface area contributed by atoms with E-state index in [-0.39, 0.29) is 11.9 Å². The zero-order valence-electron chi connectivity index (χ0n) is 11.5. The first-order valence-electron chi connectivity index (χ1n) is 6.91. The van der Waals surface area contributed by atoms with Gasteiger partial charge < -0.3 is 14.6 Å². The molecular weight excluding hydrogens is 257 g/mol. The van der Waals surface area contributed by atoms with Crippen LogP contribution in [0.5, 0.6) is 5.75 Å². The Morgan fingerprint density at radius 2 is 2.40 bits per heavy atom. The molecule has 1 unspecified atom stereocenters. The Bertz CT molecular complexity index is 597. The molecule has 106 valence electrons. The van der Waals surface area contributed by atoms with E-state index in [1.165, 1.54) is 6.07 Å². The molecule has 5 heteroatoms. The number of nitrogens with zero attached hydrogens (tertiary/aromatic N) is 2. The first-order valence-corrected chi connectivity index (χ1v) is 6.91. The van der Waals surface area contributed by atoms with Crippen LogP contribution in [0.3, 0.4) is 0 Å². The molecular formula is C15H18FN3O. The molecule has 0 radical (unpaired) electrons. The number of imidazole rings is 1. The van der Waals surface area contributed by atoms with Crippen LogP contribution in [0.1, 0.15) is 18.2 Å². The lowest BCUT2D eigenvalue weighted by Crippen LogP contribution is -2.20. The van der Waals surface area contributed by atoms with Gasteiger partial charge in [0.05, 0.1) is 18.6 Å². The molecule has 0 spiro atoms. The average molecular weight is 275 g/mol. The van der Waals surface area contributed by atoms with Gasteiger partial charge in [-0.3, -0.25) is 0 Å². The van der Waals surface area contributed by atoms with Crippen molar-refractivity contribution in [2.45, 2.75) is 32.5 Å². The van der Waals surface area contributed by atoms with Crippen molar-refractivity contribution < 1.29 is 9.13 Å². The van der Waals surface area contributed by atoms with Crippen molar-refractivity contribution in [2.24, 2.45) is 0 Å². The van der Waals surface area contributed by atoms with Crippen LogP contribution in [0.25, 0.3) is 0 Å². The van der Waals surface area contributed by atoms with Crippen LogP contribution in [0.2, 0.25) is 0 Å². The highest BCUT2D eigenvalue weighted by Crippen LogP contribution is 2.29. The van der Waals surface area contributed by atoms with Crippen molar-refractivity contribution in [1.29, 1.82) is 0 Å². The molecule has 1 aromatic heterocycles. The number of fused-ring (bicyclic) bond motifs is 1. The Kier molecular flexibility index (Phi) is 3.69. The van der Waals surface area contributed by atoms with Crippen molar-refractivity contribution in [1.82, 2.24) is 14.9 Å². The summed E-state index contributed by atoms with van der Waals surface area (Å²) in [6.07, 6.45) is 4.64. The highest BCUT2D eigenvalue weighted by molar-refractivity contribution is 5.37. The molecule has 20 heavy (non-hydrogen) atoms. The number of hydrogen-bond acceptors (Lipinski definition) is 3. The van der Waals surface area contributed by atoms with Crippen molar-refractivity contribution in [3.8, 4) is 5.75 Å². The summed E-state index contributed by atoms with van der Waals surface area (Å²) < 4.78 is 21.0. The minimum Gasteiger partial charge on any atom is -0.488 e.